The van der Waals surface area contributed by atoms with Crippen molar-refractivity contribution < 1.29 is 13.5 Å². The monoisotopic (exact) mass is 355 g/mol. The average Bonchev–Trinajstić information content (AvgIpc) is 2.47. The van der Waals surface area contributed by atoms with Gasteiger partial charge in [0.2, 0.25) is 0 Å². The molecule has 0 amide bonds. The summed E-state index contributed by atoms with van der Waals surface area (Å²) < 4.78 is 33.4. The van der Waals surface area contributed by atoms with E-state index < -0.39 is 5.82 Å². The van der Waals surface area contributed by atoms with Gasteiger partial charge in [0, 0.05) is 16.1 Å². The minimum Gasteiger partial charge on any atom is -0.494 e. The average molecular weight is 356 g/mol. The molecule has 1 unspecified atom stereocenters. The van der Waals surface area contributed by atoms with E-state index in [0.717, 1.165) is 10.0 Å². The van der Waals surface area contributed by atoms with E-state index in [1.807, 2.05) is 0 Å². The van der Waals surface area contributed by atoms with E-state index in [-0.39, 0.29) is 17.6 Å². The molecule has 0 bridgehead atoms. The van der Waals surface area contributed by atoms with E-state index in [2.05, 4.69) is 21.2 Å². The van der Waals surface area contributed by atoms with Crippen molar-refractivity contribution >= 4 is 15.9 Å². The van der Waals surface area contributed by atoms with E-state index in [1.54, 1.807) is 31.3 Å². The van der Waals surface area contributed by atoms with Gasteiger partial charge in [0.15, 0.2) is 11.6 Å². The standard InChI is InChI=1S/C16H16BrF2NO/c1-20-15(12-9-11(17)4-5-13(12)18)8-10-3-6-16(21-2)14(19)7-10/h3-7,9,15,20H,8H2,1-2H3. The Hall–Kier alpha value is -1.46. The summed E-state index contributed by atoms with van der Waals surface area (Å²) in [6.45, 7) is 0. The third kappa shape index (κ3) is 3.80. The molecule has 0 aromatic heterocycles. The van der Waals surface area contributed by atoms with E-state index in [0.29, 0.717) is 12.0 Å². The number of likely N-dealkylation sites (N-methyl/N-ethyl adjacent to an activating group) is 1. The molecule has 2 nitrogen and oxygen atoms in total. The fourth-order valence-electron chi connectivity index (χ4n) is 2.22. The molecule has 0 fully saturated rings. The first-order chi connectivity index (χ1) is 10.0. The molecule has 0 heterocycles. The lowest BCUT2D eigenvalue weighted by Gasteiger charge is -2.18. The summed E-state index contributed by atoms with van der Waals surface area (Å²) >= 11 is 3.34. The van der Waals surface area contributed by atoms with Gasteiger partial charge in [0.1, 0.15) is 5.82 Å². The van der Waals surface area contributed by atoms with Crippen LogP contribution < -0.4 is 10.1 Å². The largest absolute Gasteiger partial charge is 0.494 e. The number of halogens is 3. The number of nitrogens with one attached hydrogen (secondary N) is 1. The van der Waals surface area contributed by atoms with Crippen LogP contribution in [0.3, 0.4) is 0 Å². The zero-order valence-electron chi connectivity index (χ0n) is 11.8. The van der Waals surface area contributed by atoms with Crippen molar-refractivity contribution in [2.24, 2.45) is 0 Å². The predicted molar refractivity (Wildman–Crippen MR) is 82.6 cm³/mol. The number of hydrogen-bond acceptors (Lipinski definition) is 2. The zero-order valence-corrected chi connectivity index (χ0v) is 13.4. The minimum atomic E-state index is -0.417. The Labute approximate surface area is 131 Å². The quantitative estimate of drug-likeness (QED) is 0.865. The lowest BCUT2D eigenvalue weighted by molar-refractivity contribution is 0.386. The Morgan fingerprint density at radius 2 is 1.90 bits per heavy atom. The molecule has 1 N–H and O–H groups in total. The molecule has 5 heteroatoms. The molecule has 1 atom stereocenters. The molecule has 0 spiro atoms. The first-order valence-electron chi connectivity index (χ1n) is 6.49. The maximum absolute atomic E-state index is 14.0. The van der Waals surface area contributed by atoms with Gasteiger partial charge >= 0.3 is 0 Å². The number of methoxy groups -OCH3 is 1. The number of benzene rings is 2. The highest BCUT2D eigenvalue weighted by molar-refractivity contribution is 9.10. The number of ether oxygens (including phenoxy) is 1. The van der Waals surface area contributed by atoms with E-state index in [9.17, 15) is 8.78 Å². The summed E-state index contributed by atoms with van der Waals surface area (Å²) in [4.78, 5) is 0. The van der Waals surface area contributed by atoms with Crippen molar-refractivity contribution in [2.45, 2.75) is 12.5 Å². The summed E-state index contributed by atoms with van der Waals surface area (Å²) in [5.74, 6) is -0.500. The van der Waals surface area contributed by atoms with Crippen molar-refractivity contribution in [1.82, 2.24) is 5.32 Å². The van der Waals surface area contributed by atoms with Gasteiger partial charge in [-0.1, -0.05) is 22.0 Å². The Balaban J connectivity index is 2.26. The minimum absolute atomic E-state index is 0.202. The van der Waals surface area contributed by atoms with E-state index in [4.69, 9.17) is 4.74 Å². The smallest absolute Gasteiger partial charge is 0.165 e. The summed E-state index contributed by atoms with van der Waals surface area (Å²) in [5, 5.41) is 3.07. The summed E-state index contributed by atoms with van der Waals surface area (Å²) in [5.41, 5.74) is 1.31. The Bertz CT molecular complexity index is 634. The van der Waals surface area contributed by atoms with Crippen LogP contribution in [0.4, 0.5) is 8.78 Å². The van der Waals surface area contributed by atoms with Crippen LogP contribution in [-0.2, 0) is 6.42 Å². The molecule has 0 saturated carbocycles. The number of rotatable bonds is 5. The van der Waals surface area contributed by atoms with Gasteiger partial charge in [-0.05, 0) is 49.4 Å². The Morgan fingerprint density at radius 1 is 1.14 bits per heavy atom. The molecule has 112 valence electrons. The molecule has 2 aromatic rings. The summed E-state index contributed by atoms with van der Waals surface area (Å²) in [7, 11) is 3.18. The van der Waals surface area contributed by atoms with Crippen LogP contribution in [0.25, 0.3) is 0 Å². The van der Waals surface area contributed by atoms with Crippen LogP contribution in [0.2, 0.25) is 0 Å². The van der Waals surface area contributed by atoms with E-state index in [1.165, 1.54) is 19.2 Å². The Kier molecular flexibility index (Phi) is 5.31. The molecule has 0 aliphatic rings. The van der Waals surface area contributed by atoms with Gasteiger partial charge in [-0.15, -0.1) is 0 Å². The second-order valence-electron chi connectivity index (χ2n) is 4.68. The third-order valence-electron chi connectivity index (χ3n) is 3.34. The first kappa shape index (κ1) is 15.9. The normalized spacial score (nSPS) is 12.2. The fourth-order valence-corrected chi connectivity index (χ4v) is 2.60. The lowest BCUT2D eigenvalue weighted by atomic mass is 9.98. The maximum Gasteiger partial charge on any atom is 0.165 e. The highest BCUT2D eigenvalue weighted by atomic mass is 79.9. The molecular weight excluding hydrogens is 340 g/mol. The summed E-state index contributed by atoms with van der Waals surface area (Å²) in [6.07, 6.45) is 0.477. The van der Waals surface area contributed by atoms with Crippen LogP contribution in [0, 0.1) is 11.6 Å². The summed E-state index contributed by atoms with van der Waals surface area (Å²) in [6, 6.07) is 9.33. The van der Waals surface area contributed by atoms with Crippen molar-refractivity contribution in [3.63, 3.8) is 0 Å². The first-order valence-corrected chi connectivity index (χ1v) is 7.29. The number of hydrogen-bond donors (Lipinski definition) is 1. The SMILES string of the molecule is CNC(Cc1ccc(OC)c(F)c1)c1cc(Br)ccc1F. The van der Waals surface area contributed by atoms with Crippen LogP contribution in [-0.4, -0.2) is 14.2 Å². The molecule has 0 aliphatic carbocycles. The van der Waals surface area contributed by atoms with Gasteiger partial charge in [-0.2, -0.15) is 0 Å². The van der Waals surface area contributed by atoms with E-state index >= 15 is 0 Å². The topological polar surface area (TPSA) is 21.3 Å². The second-order valence-corrected chi connectivity index (χ2v) is 5.60. The second kappa shape index (κ2) is 7.00. The van der Waals surface area contributed by atoms with Gasteiger partial charge in [0.25, 0.3) is 0 Å². The highest BCUT2D eigenvalue weighted by Crippen LogP contribution is 2.26. The highest BCUT2D eigenvalue weighted by Gasteiger charge is 2.16. The Morgan fingerprint density at radius 3 is 2.52 bits per heavy atom. The molecule has 2 aromatic carbocycles. The zero-order chi connectivity index (χ0) is 15.4. The molecule has 0 saturated heterocycles. The lowest BCUT2D eigenvalue weighted by Crippen LogP contribution is -2.20. The van der Waals surface area contributed by atoms with Gasteiger partial charge in [-0.25, -0.2) is 8.78 Å². The maximum atomic E-state index is 14.0. The molecule has 21 heavy (non-hydrogen) atoms. The molecule has 0 radical (unpaired) electrons. The van der Waals surface area contributed by atoms with Crippen LogP contribution in [0.5, 0.6) is 5.75 Å². The third-order valence-corrected chi connectivity index (χ3v) is 3.83. The van der Waals surface area contributed by atoms with Gasteiger partial charge in [-0.3, -0.25) is 0 Å². The molecular formula is C16H16BrF2NO. The molecule has 0 aliphatic heterocycles. The van der Waals surface area contributed by atoms with Crippen molar-refractivity contribution in [1.29, 1.82) is 0 Å². The van der Waals surface area contributed by atoms with Crippen LogP contribution >= 0.6 is 15.9 Å². The van der Waals surface area contributed by atoms with Crippen LogP contribution in [0.15, 0.2) is 40.9 Å². The van der Waals surface area contributed by atoms with Crippen LogP contribution in [0.1, 0.15) is 17.2 Å². The van der Waals surface area contributed by atoms with Gasteiger partial charge in [0.05, 0.1) is 7.11 Å². The van der Waals surface area contributed by atoms with Gasteiger partial charge < -0.3 is 10.1 Å². The fraction of sp³-hybridized carbons (Fsp3) is 0.250. The van der Waals surface area contributed by atoms with Crippen molar-refractivity contribution in [3.05, 3.63) is 63.6 Å². The van der Waals surface area contributed by atoms with Crippen molar-refractivity contribution in [3.8, 4) is 5.75 Å². The van der Waals surface area contributed by atoms with Crippen molar-refractivity contribution in [2.75, 3.05) is 14.2 Å². The predicted octanol–water partition coefficient (Wildman–Crippen LogP) is 4.24. The molecule has 2 rings (SSSR count).